The van der Waals surface area contributed by atoms with Crippen molar-refractivity contribution in [3.63, 3.8) is 0 Å². The Balaban J connectivity index is 2.43. The Morgan fingerprint density at radius 1 is 1.04 bits per heavy atom. The number of aliphatic imine (C=N–C) groups is 1. The molecule has 0 saturated heterocycles. The minimum absolute atomic E-state index is 0.282. The maximum absolute atomic E-state index is 12.8. The first-order valence-corrected chi connectivity index (χ1v) is 9.43. The SMILES string of the molecule is C=CCCC[C@H](N=C(c1ccccc1)c1ccccc1)C(=O)OC(C)(C)C. The second kappa shape index (κ2) is 9.86. The predicted molar refractivity (Wildman–Crippen MR) is 112 cm³/mol. The molecule has 0 fully saturated rings. The Morgan fingerprint density at radius 3 is 2.00 bits per heavy atom. The molecule has 142 valence electrons. The number of esters is 1. The van der Waals surface area contributed by atoms with Crippen LogP contribution in [0.2, 0.25) is 0 Å². The van der Waals surface area contributed by atoms with Gasteiger partial charge in [0.2, 0.25) is 0 Å². The second-order valence-corrected chi connectivity index (χ2v) is 7.48. The minimum Gasteiger partial charge on any atom is -0.458 e. The number of carbonyl (C=O) groups excluding carboxylic acids is 1. The van der Waals surface area contributed by atoms with E-state index in [1.807, 2.05) is 87.5 Å². The molecule has 0 aliphatic carbocycles. The maximum atomic E-state index is 12.8. The van der Waals surface area contributed by atoms with Crippen LogP contribution >= 0.6 is 0 Å². The average Bonchev–Trinajstić information content (AvgIpc) is 2.64. The van der Waals surface area contributed by atoms with Gasteiger partial charge in [-0.3, -0.25) is 4.99 Å². The van der Waals surface area contributed by atoms with Crippen molar-refractivity contribution >= 4 is 11.7 Å². The van der Waals surface area contributed by atoms with Crippen molar-refractivity contribution in [2.45, 2.75) is 51.7 Å². The van der Waals surface area contributed by atoms with Crippen LogP contribution in [-0.4, -0.2) is 23.3 Å². The van der Waals surface area contributed by atoms with Crippen molar-refractivity contribution in [2.75, 3.05) is 0 Å². The van der Waals surface area contributed by atoms with Crippen LogP contribution in [0.25, 0.3) is 0 Å². The summed E-state index contributed by atoms with van der Waals surface area (Å²) in [5.74, 6) is -0.282. The summed E-state index contributed by atoms with van der Waals surface area (Å²) in [4.78, 5) is 17.7. The zero-order valence-electron chi connectivity index (χ0n) is 16.5. The van der Waals surface area contributed by atoms with Crippen molar-refractivity contribution in [1.82, 2.24) is 0 Å². The molecule has 0 aliphatic rings. The van der Waals surface area contributed by atoms with E-state index in [1.165, 1.54) is 0 Å². The van der Waals surface area contributed by atoms with Gasteiger partial charge in [-0.1, -0.05) is 66.7 Å². The molecule has 0 unspecified atom stereocenters. The van der Waals surface area contributed by atoms with E-state index in [-0.39, 0.29) is 5.97 Å². The van der Waals surface area contributed by atoms with Crippen LogP contribution in [0.15, 0.2) is 78.3 Å². The van der Waals surface area contributed by atoms with Crippen molar-refractivity contribution in [3.8, 4) is 0 Å². The smallest absolute Gasteiger partial charge is 0.331 e. The van der Waals surface area contributed by atoms with Gasteiger partial charge in [0, 0.05) is 11.1 Å². The number of ether oxygens (including phenoxy) is 1. The monoisotopic (exact) mass is 363 g/mol. The predicted octanol–water partition coefficient (Wildman–Crippen LogP) is 5.59. The van der Waals surface area contributed by atoms with E-state index in [0.717, 1.165) is 29.7 Å². The van der Waals surface area contributed by atoms with Gasteiger partial charge in [0.15, 0.2) is 0 Å². The highest BCUT2D eigenvalue weighted by Crippen LogP contribution is 2.18. The molecule has 2 aromatic rings. The normalized spacial score (nSPS) is 12.1. The van der Waals surface area contributed by atoms with Gasteiger partial charge in [-0.2, -0.15) is 0 Å². The third-order valence-electron chi connectivity index (χ3n) is 3.94. The van der Waals surface area contributed by atoms with Gasteiger partial charge in [0.25, 0.3) is 0 Å². The molecule has 0 bridgehead atoms. The van der Waals surface area contributed by atoms with Crippen molar-refractivity contribution in [3.05, 3.63) is 84.4 Å². The van der Waals surface area contributed by atoms with Gasteiger partial charge in [-0.25, -0.2) is 4.79 Å². The van der Waals surface area contributed by atoms with Crippen LogP contribution in [0.3, 0.4) is 0 Å². The standard InChI is InChI=1S/C24H29NO2/c1-5-6-9-18-21(23(26)27-24(2,3)4)25-22(19-14-10-7-11-15-19)20-16-12-8-13-17-20/h5,7-8,10-17,21H,1,6,9,18H2,2-4H3/t21-/m0/s1. The van der Waals surface area contributed by atoms with Crippen LogP contribution in [0.5, 0.6) is 0 Å². The van der Waals surface area contributed by atoms with E-state index in [0.29, 0.717) is 6.42 Å². The van der Waals surface area contributed by atoms with Crippen LogP contribution < -0.4 is 0 Å². The summed E-state index contributed by atoms with van der Waals surface area (Å²) < 4.78 is 5.63. The summed E-state index contributed by atoms with van der Waals surface area (Å²) in [5, 5.41) is 0. The minimum atomic E-state index is -0.542. The molecule has 0 radical (unpaired) electrons. The van der Waals surface area contributed by atoms with E-state index in [2.05, 4.69) is 6.58 Å². The van der Waals surface area contributed by atoms with Crippen LogP contribution in [0.4, 0.5) is 0 Å². The van der Waals surface area contributed by atoms with Gasteiger partial charge in [0.05, 0.1) is 5.71 Å². The molecule has 27 heavy (non-hydrogen) atoms. The fourth-order valence-corrected chi connectivity index (χ4v) is 2.72. The summed E-state index contributed by atoms with van der Waals surface area (Å²) in [5.41, 5.74) is 2.25. The zero-order chi connectivity index (χ0) is 19.7. The number of unbranched alkanes of at least 4 members (excludes halogenated alkanes) is 1. The largest absolute Gasteiger partial charge is 0.458 e. The molecule has 0 heterocycles. The first kappa shape index (κ1) is 20.6. The van der Waals surface area contributed by atoms with Crippen molar-refractivity contribution < 1.29 is 9.53 Å². The summed E-state index contributed by atoms with van der Waals surface area (Å²) in [7, 11) is 0. The lowest BCUT2D eigenvalue weighted by atomic mass is 10.0. The second-order valence-electron chi connectivity index (χ2n) is 7.48. The molecule has 0 N–H and O–H groups in total. The molecule has 0 aliphatic heterocycles. The Hall–Kier alpha value is -2.68. The quantitative estimate of drug-likeness (QED) is 0.265. The molecular weight excluding hydrogens is 334 g/mol. The summed E-state index contributed by atoms with van der Waals surface area (Å²) in [6.45, 7) is 9.40. The Bertz CT molecular complexity index is 716. The summed E-state index contributed by atoms with van der Waals surface area (Å²) >= 11 is 0. The van der Waals surface area contributed by atoms with E-state index >= 15 is 0 Å². The Labute approximate surface area is 162 Å². The summed E-state index contributed by atoms with van der Waals surface area (Å²) in [6.07, 6.45) is 4.18. The highest BCUT2D eigenvalue weighted by molar-refractivity contribution is 6.13. The van der Waals surface area contributed by atoms with Crippen LogP contribution in [0.1, 0.15) is 51.2 Å². The fraction of sp³-hybridized carbons (Fsp3) is 0.333. The van der Waals surface area contributed by atoms with Crippen molar-refractivity contribution in [2.24, 2.45) is 4.99 Å². The molecule has 0 amide bonds. The molecule has 0 spiro atoms. The fourth-order valence-electron chi connectivity index (χ4n) is 2.72. The average molecular weight is 364 g/mol. The van der Waals surface area contributed by atoms with Gasteiger partial charge in [-0.05, 0) is 40.0 Å². The summed E-state index contributed by atoms with van der Waals surface area (Å²) in [6, 6.07) is 19.4. The molecule has 3 nitrogen and oxygen atoms in total. The number of rotatable bonds is 8. The zero-order valence-corrected chi connectivity index (χ0v) is 16.5. The highest BCUT2D eigenvalue weighted by Gasteiger charge is 2.25. The lowest BCUT2D eigenvalue weighted by molar-refractivity contribution is -0.156. The first-order chi connectivity index (χ1) is 12.9. The van der Waals surface area contributed by atoms with E-state index < -0.39 is 11.6 Å². The van der Waals surface area contributed by atoms with Crippen LogP contribution in [0, 0.1) is 0 Å². The third-order valence-corrected chi connectivity index (χ3v) is 3.94. The highest BCUT2D eigenvalue weighted by atomic mass is 16.6. The number of nitrogens with zero attached hydrogens (tertiary/aromatic N) is 1. The molecule has 2 rings (SSSR count). The van der Waals surface area contributed by atoms with Gasteiger partial charge in [0.1, 0.15) is 11.6 Å². The van der Waals surface area contributed by atoms with Crippen molar-refractivity contribution in [1.29, 1.82) is 0 Å². The molecule has 1 atom stereocenters. The van der Waals surface area contributed by atoms with Gasteiger partial charge >= 0.3 is 5.97 Å². The topological polar surface area (TPSA) is 38.7 Å². The third kappa shape index (κ3) is 6.86. The molecule has 0 saturated carbocycles. The Kier molecular flexibility index (Phi) is 7.54. The maximum Gasteiger partial charge on any atom is 0.331 e. The molecule has 0 aromatic heterocycles. The number of carbonyl (C=O) groups is 1. The van der Waals surface area contributed by atoms with Crippen LogP contribution in [-0.2, 0) is 9.53 Å². The molecular formula is C24H29NO2. The van der Waals surface area contributed by atoms with E-state index in [4.69, 9.17) is 9.73 Å². The number of hydrogen-bond acceptors (Lipinski definition) is 3. The molecule has 2 aromatic carbocycles. The number of allylic oxidation sites excluding steroid dienone is 1. The molecule has 3 heteroatoms. The Morgan fingerprint density at radius 2 is 1.56 bits per heavy atom. The number of benzene rings is 2. The lowest BCUT2D eigenvalue weighted by Crippen LogP contribution is -2.31. The van der Waals surface area contributed by atoms with Gasteiger partial charge < -0.3 is 4.74 Å². The number of hydrogen-bond donors (Lipinski definition) is 0. The van der Waals surface area contributed by atoms with E-state index in [9.17, 15) is 4.79 Å². The van der Waals surface area contributed by atoms with E-state index in [1.54, 1.807) is 0 Å². The first-order valence-electron chi connectivity index (χ1n) is 9.43. The van der Waals surface area contributed by atoms with Gasteiger partial charge in [-0.15, -0.1) is 6.58 Å². The lowest BCUT2D eigenvalue weighted by Gasteiger charge is -2.23.